The molecule has 144 valence electrons. The van der Waals surface area contributed by atoms with Crippen molar-refractivity contribution in [3.05, 3.63) is 93.9 Å². The first kappa shape index (κ1) is 19.3. The van der Waals surface area contributed by atoms with Crippen LogP contribution in [0.4, 0.5) is 10.1 Å². The molecular formula is C21H13BrClFN4O. The van der Waals surface area contributed by atoms with E-state index in [-0.39, 0.29) is 11.6 Å². The van der Waals surface area contributed by atoms with Gasteiger partial charge in [0.2, 0.25) is 5.82 Å². The number of anilines is 1. The van der Waals surface area contributed by atoms with E-state index in [1.807, 2.05) is 24.3 Å². The molecule has 0 bridgehead atoms. The topological polar surface area (TPSA) is 59.8 Å². The molecule has 0 radical (unpaired) electrons. The number of nitrogens with one attached hydrogen (secondary N) is 1. The fraction of sp³-hybridized carbons (Fsp3) is 0. The molecule has 4 rings (SSSR count). The number of hydrogen-bond donors (Lipinski definition) is 1. The number of amides is 1. The summed E-state index contributed by atoms with van der Waals surface area (Å²) >= 11 is 9.28. The summed E-state index contributed by atoms with van der Waals surface area (Å²) in [7, 11) is 0. The lowest BCUT2D eigenvalue weighted by Gasteiger charge is -2.06. The fourth-order valence-electron chi connectivity index (χ4n) is 2.68. The third-order valence-corrected chi connectivity index (χ3v) is 4.87. The van der Waals surface area contributed by atoms with E-state index in [2.05, 4.69) is 31.3 Å². The molecule has 4 aromatic rings. The molecule has 0 fully saturated rings. The minimum atomic E-state index is -0.466. The first-order valence-electron chi connectivity index (χ1n) is 8.55. The first-order valence-corrected chi connectivity index (χ1v) is 9.72. The Bertz CT molecular complexity index is 1100. The van der Waals surface area contributed by atoms with Gasteiger partial charge in [0, 0.05) is 20.7 Å². The molecule has 0 aliphatic carbocycles. The Hall–Kier alpha value is -3.03. The molecule has 0 saturated carbocycles. The summed E-state index contributed by atoms with van der Waals surface area (Å²) < 4.78 is 15.8. The Morgan fingerprint density at radius 2 is 1.62 bits per heavy atom. The normalized spacial score (nSPS) is 10.7. The van der Waals surface area contributed by atoms with Crippen LogP contribution in [-0.4, -0.2) is 20.7 Å². The summed E-state index contributed by atoms with van der Waals surface area (Å²) in [4.78, 5) is 17.1. The summed E-state index contributed by atoms with van der Waals surface area (Å²) in [5.74, 6) is -0.411. The predicted molar refractivity (Wildman–Crippen MR) is 114 cm³/mol. The number of rotatable bonds is 4. The van der Waals surface area contributed by atoms with E-state index in [0.29, 0.717) is 27.8 Å². The zero-order valence-corrected chi connectivity index (χ0v) is 17.2. The molecule has 0 unspecified atom stereocenters. The minimum absolute atomic E-state index is 0.0119. The van der Waals surface area contributed by atoms with Gasteiger partial charge in [0.15, 0.2) is 5.82 Å². The predicted octanol–water partition coefficient (Wildman–Crippen LogP) is 5.74. The van der Waals surface area contributed by atoms with Gasteiger partial charge >= 0.3 is 0 Å². The van der Waals surface area contributed by atoms with Gasteiger partial charge in [-0.2, -0.15) is 0 Å². The summed E-state index contributed by atoms with van der Waals surface area (Å²) in [6, 6.07) is 20.0. The van der Waals surface area contributed by atoms with Gasteiger partial charge < -0.3 is 5.32 Å². The lowest BCUT2D eigenvalue weighted by molar-refractivity contribution is 0.101. The van der Waals surface area contributed by atoms with E-state index in [1.54, 1.807) is 41.1 Å². The van der Waals surface area contributed by atoms with Crippen molar-refractivity contribution in [2.24, 2.45) is 0 Å². The molecule has 0 atom stereocenters. The molecule has 3 aromatic carbocycles. The second-order valence-electron chi connectivity index (χ2n) is 6.12. The van der Waals surface area contributed by atoms with Crippen LogP contribution in [0.1, 0.15) is 10.6 Å². The van der Waals surface area contributed by atoms with E-state index in [1.165, 1.54) is 12.1 Å². The quantitative estimate of drug-likeness (QED) is 0.413. The van der Waals surface area contributed by atoms with Crippen LogP contribution in [0.2, 0.25) is 5.02 Å². The van der Waals surface area contributed by atoms with Gasteiger partial charge in [-0.15, -0.1) is 5.10 Å². The van der Waals surface area contributed by atoms with Crippen molar-refractivity contribution >= 4 is 39.1 Å². The van der Waals surface area contributed by atoms with Gasteiger partial charge in [-0.25, -0.2) is 14.1 Å². The van der Waals surface area contributed by atoms with Crippen molar-refractivity contribution in [2.45, 2.75) is 0 Å². The summed E-state index contributed by atoms with van der Waals surface area (Å²) in [6.07, 6.45) is 0. The molecule has 1 heterocycles. The van der Waals surface area contributed by atoms with Crippen molar-refractivity contribution < 1.29 is 9.18 Å². The lowest BCUT2D eigenvalue weighted by atomic mass is 10.2. The van der Waals surface area contributed by atoms with Gasteiger partial charge in [0.25, 0.3) is 5.91 Å². The van der Waals surface area contributed by atoms with Crippen molar-refractivity contribution in [2.75, 3.05) is 5.32 Å². The molecule has 1 aromatic heterocycles. The zero-order chi connectivity index (χ0) is 20.4. The molecule has 0 aliphatic rings. The monoisotopic (exact) mass is 470 g/mol. The Kier molecular flexibility index (Phi) is 5.42. The van der Waals surface area contributed by atoms with Crippen LogP contribution in [0.25, 0.3) is 17.1 Å². The average molecular weight is 472 g/mol. The average Bonchev–Trinajstić information content (AvgIpc) is 3.16. The third kappa shape index (κ3) is 4.36. The number of carbonyl (C=O) groups is 1. The summed E-state index contributed by atoms with van der Waals surface area (Å²) in [5.41, 5.74) is 1.92. The van der Waals surface area contributed by atoms with Crippen molar-refractivity contribution in [1.29, 1.82) is 0 Å². The number of carbonyl (C=O) groups excluding carboxylic acids is 1. The molecule has 0 saturated heterocycles. The number of aromatic nitrogens is 3. The van der Waals surface area contributed by atoms with Crippen LogP contribution >= 0.6 is 27.5 Å². The zero-order valence-electron chi connectivity index (χ0n) is 14.8. The van der Waals surface area contributed by atoms with E-state index in [9.17, 15) is 9.18 Å². The van der Waals surface area contributed by atoms with Gasteiger partial charge in [0.1, 0.15) is 5.82 Å². The maximum Gasteiger partial charge on any atom is 0.295 e. The van der Waals surface area contributed by atoms with Crippen LogP contribution in [0.3, 0.4) is 0 Å². The van der Waals surface area contributed by atoms with Crippen molar-refractivity contribution in [3.63, 3.8) is 0 Å². The molecule has 1 N–H and O–H groups in total. The molecule has 0 spiro atoms. The fourth-order valence-corrected chi connectivity index (χ4v) is 3.07. The van der Waals surface area contributed by atoms with Crippen LogP contribution in [-0.2, 0) is 0 Å². The second-order valence-corrected chi connectivity index (χ2v) is 7.47. The Morgan fingerprint density at radius 1 is 0.966 bits per heavy atom. The molecule has 1 amide bonds. The molecule has 0 aliphatic heterocycles. The highest BCUT2D eigenvalue weighted by atomic mass is 79.9. The van der Waals surface area contributed by atoms with E-state index < -0.39 is 5.91 Å². The molecule has 5 nitrogen and oxygen atoms in total. The Balaban J connectivity index is 1.74. The molecule has 8 heteroatoms. The second kappa shape index (κ2) is 8.14. The van der Waals surface area contributed by atoms with E-state index in [4.69, 9.17) is 11.6 Å². The van der Waals surface area contributed by atoms with Crippen LogP contribution in [0.15, 0.2) is 77.3 Å². The van der Waals surface area contributed by atoms with Crippen LogP contribution < -0.4 is 5.32 Å². The first-order chi connectivity index (χ1) is 14.0. The van der Waals surface area contributed by atoms with Crippen LogP contribution in [0, 0.1) is 5.82 Å². The number of halogens is 3. The van der Waals surface area contributed by atoms with Crippen molar-refractivity contribution in [1.82, 2.24) is 14.8 Å². The van der Waals surface area contributed by atoms with Crippen LogP contribution in [0.5, 0.6) is 0 Å². The highest BCUT2D eigenvalue weighted by Gasteiger charge is 2.19. The number of nitrogens with zero attached hydrogens (tertiary/aromatic N) is 3. The Labute approximate surface area is 179 Å². The smallest absolute Gasteiger partial charge is 0.295 e. The largest absolute Gasteiger partial charge is 0.319 e. The highest BCUT2D eigenvalue weighted by molar-refractivity contribution is 9.10. The Morgan fingerprint density at radius 3 is 2.28 bits per heavy atom. The van der Waals surface area contributed by atoms with Gasteiger partial charge in [-0.1, -0.05) is 27.5 Å². The van der Waals surface area contributed by atoms with Gasteiger partial charge in [-0.3, -0.25) is 4.79 Å². The van der Waals surface area contributed by atoms with Crippen molar-refractivity contribution in [3.8, 4) is 17.1 Å². The van der Waals surface area contributed by atoms with Gasteiger partial charge in [0.05, 0.1) is 5.69 Å². The summed E-state index contributed by atoms with van der Waals surface area (Å²) in [5, 5.41) is 7.69. The SMILES string of the molecule is O=C(Nc1ccc(Cl)cc1)c1nc(-c2ccc(F)cc2)n(-c2ccc(Br)cc2)n1. The highest BCUT2D eigenvalue weighted by Crippen LogP contribution is 2.23. The molecule has 29 heavy (non-hydrogen) atoms. The molecular weight excluding hydrogens is 459 g/mol. The lowest BCUT2D eigenvalue weighted by Crippen LogP contribution is -2.14. The number of benzene rings is 3. The number of hydrogen-bond acceptors (Lipinski definition) is 3. The third-order valence-electron chi connectivity index (χ3n) is 4.09. The van der Waals surface area contributed by atoms with E-state index >= 15 is 0 Å². The maximum atomic E-state index is 13.4. The maximum absolute atomic E-state index is 13.4. The minimum Gasteiger partial charge on any atom is -0.319 e. The van der Waals surface area contributed by atoms with E-state index in [0.717, 1.165) is 4.47 Å². The van der Waals surface area contributed by atoms with Gasteiger partial charge in [-0.05, 0) is 72.8 Å². The standard InChI is InChI=1S/C21H13BrClFN4O/c22-14-3-11-18(12-4-14)28-20(13-1-7-16(24)8-2-13)26-19(27-28)21(29)25-17-9-5-15(23)6-10-17/h1-12H,(H,25,29). The summed E-state index contributed by atoms with van der Waals surface area (Å²) in [6.45, 7) is 0.